The lowest BCUT2D eigenvalue weighted by atomic mass is 9.82. The molecule has 3 rings (SSSR count). The highest BCUT2D eigenvalue weighted by atomic mass is 16.5. The smallest absolute Gasteiger partial charge is 0.337 e. The Morgan fingerprint density at radius 2 is 1.62 bits per heavy atom. The minimum absolute atomic E-state index is 0.238. The number of ether oxygens (including phenoxy) is 2. The summed E-state index contributed by atoms with van der Waals surface area (Å²) < 4.78 is 11.1. The number of benzene rings is 1. The number of hydrogen-bond acceptors (Lipinski definition) is 6. The molecule has 0 saturated heterocycles. The van der Waals surface area contributed by atoms with E-state index in [0.29, 0.717) is 34.7 Å². The van der Waals surface area contributed by atoms with Crippen molar-refractivity contribution in [2.24, 2.45) is 0 Å². The van der Waals surface area contributed by atoms with Crippen molar-refractivity contribution in [3.05, 3.63) is 88.0 Å². The van der Waals surface area contributed by atoms with Crippen molar-refractivity contribution < 1.29 is 19.1 Å². The maximum atomic E-state index is 13.2. The highest BCUT2D eigenvalue weighted by molar-refractivity contribution is 5.99. The minimum Gasteiger partial charge on any atom is -0.462 e. The van der Waals surface area contributed by atoms with Gasteiger partial charge in [0, 0.05) is 24.0 Å². The summed E-state index contributed by atoms with van der Waals surface area (Å²) in [7, 11) is 0. The van der Waals surface area contributed by atoms with Crippen LogP contribution in [0.3, 0.4) is 0 Å². The first-order valence-electron chi connectivity index (χ1n) is 10.8. The summed E-state index contributed by atoms with van der Waals surface area (Å²) in [6.07, 6.45) is 1.97. The lowest BCUT2D eigenvalue weighted by Crippen LogP contribution is -2.33. The van der Waals surface area contributed by atoms with Gasteiger partial charge in [-0.3, -0.25) is 4.98 Å². The molecule has 1 aliphatic rings. The number of carbonyl (C=O) groups excluding carboxylic acids is 2. The molecule has 0 amide bonds. The SMILES string of the molecule is CC1=C(C(=O)OCCc2ccc(C)cc2)C(c2ccccn2)C(C(=O)OC(C)C)=C(C)N1. The minimum atomic E-state index is -0.671. The summed E-state index contributed by atoms with van der Waals surface area (Å²) in [6.45, 7) is 9.46. The molecule has 6 heteroatoms. The molecule has 6 nitrogen and oxygen atoms in total. The fourth-order valence-electron chi connectivity index (χ4n) is 3.75. The van der Waals surface area contributed by atoms with Crippen LogP contribution in [0.2, 0.25) is 0 Å². The highest BCUT2D eigenvalue weighted by Gasteiger charge is 2.39. The topological polar surface area (TPSA) is 77.5 Å². The lowest BCUT2D eigenvalue weighted by molar-refractivity contribution is -0.143. The molecule has 0 spiro atoms. The van der Waals surface area contributed by atoms with Gasteiger partial charge in [0.1, 0.15) is 0 Å². The first kappa shape index (κ1) is 23.3. The second-order valence-electron chi connectivity index (χ2n) is 8.22. The van der Waals surface area contributed by atoms with Crippen LogP contribution in [0.15, 0.2) is 71.2 Å². The Morgan fingerprint density at radius 1 is 0.969 bits per heavy atom. The number of nitrogens with one attached hydrogen (secondary N) is 1. The van der Waals surface area contributed by atoms with Crippen LogP contribution in [-0.2, 0) is 25.5 Å². The molecule has 2 heterocycles. The normalized spacial score (nSPS) is 16.1. The zero-order chi connectivity index (χ0) is 23.3. The van der Waals surface area contributed by atoms with Gasteiger partial charge in [-0.2, -0.15) is 0 Å². The van der Waals surface area contributed by atoms with E-state index in [1.54, 1.807) is 46.0 Å². The summed E-state index contributed by atoms with van der Waals surface area (Å²) >= 11 is 0. The van der Waals surface area contributed by atoms with Crippen LogP contribution >= 0.6 is 0 Å². The van der Waals surface area contributed by atoms with Crippen LogP contribution in [0.5, 0.6) is 0 Å². The Hall–Kier alpha value is -3.41. The third-order valence-corrected chi connectivity index (χ3v) is 5.27. The zero-order valence-corrected chi connectivity index (χ0v) is 19.3. The predicted octanol–water partition coefficient (Wildman–Crippen LogP) is 4.36. The molecule has 2 aromatic rings. The van der Waals surface area contributed by atoms with Crippen LogP contribution in [-0.4, -0.2) is 29.6 Å². The van der Waals surface area contributed by atoms with Gasteiger partial charge in [0.25, 0.3) is 0 Å². The number of allylic oxidation sites excluding steroid dienone is 2. The Bertz CT molecular complexity index is 1040. The van der Waals surface area contributed by atoms with E-state index in [1.807, 2.05) is 37.3 Å². The fraction of sp³-hybridized carbons (Fsp3) is 0.346. The zero-order valence-electron chi connectivity index (χ0n) is 19.3. The van der Waals surface area contributed by atoms with E-state index in [1.165, 1.54) is 5.56 Å². The quantitative estimate of drug-likeness (QED) is 0.653. The molecule has 1 atom stereocenters. The first-order chi connectivity index (χ1) is 15.3. The van der Waals surface area contributed by atoms with Crippen molar-refractivity contribution in [1.82, 2.24) is 10.3 Å². The molecule has 0 fully saturated rings. The highest BCUT2D eigenvalue weighted by Crippen LogP contribution is 2.38. The number of dihydropyridines is 1. The predicted molar refractivity (Wildman–Crippen MR) is 123 cm³/mol. The van der Waals surface area contributed by atoms with Gasteiger partial charge in [0.2, 0.25) is 0 Å². The van der Waals surface area contributed by atoms with E-state index in [2.05, 4.69) is 10.3 Å². The molecule has 1 aliphatic heterocycles. The molecule has 1 unspecified atom stereocenters. The van der Waals surface area contributed by atoms with Crippen molar-refractivity contribution in [2.45, 2.75) is 53.1 Å². The van der Waals surface area contributed by atoms with Crippen LogP contribution in [0.1, 0.15) is 50.4 Å². The van der Waals surface area contributed by atoms with Crippen LogP contribution in [0, 0.1) is 6.92 Å². The summed E-state index contributed by atoms with van der Waals surface area (Å²) in [6, 6.07) is 13.6. The van der Waals surface area contributed by atoms with Crippen molar-refractivity contribution >= 4 is 11.9 Å². The summed E-state index contributed by atoms with van der Waals surface area (Å²) in [5, 5.41) is 3.16. The average molecular weight is 435 g/mol. The standard InChI is InChI=1S/C26H30N2O4/c1-16(2)32-26(30)23-19(5)28-18(4)22(24(23)21-8-6-7-14-27-21)25(29)31-15-13-20-11-9-17(3)10-12-20/h6-12,14,16,24,28H,13,15H2,1-5H3. The third kappa shape index (κ3) is 5.44. The maximum absolute atomic E-state index is 13.2. The van der Waals surface area contributed by atoms with E-state index in [4.69, 9.17) is 9.47 Å². The largest absolute Gasteiger partial charge is 0.462 e. The Labute approximate surface area is 189 Å². The number of hydrogen-bond donors (Lipinski definition) is 1. The number of carbonyl (C=O) groups is 2. The summed E-state index contributed by atoms with van der Waals surface area (Å²) in [5.74, 6) is -1.62. The molecule has 1 aromatic heterocycles. The second kappa shape index (κ2) is 10.3. The monoisotopic (exact) mass is 434 g/mol. The first-order valence-corrected chi connectivity index (χ1v) is 10.8. The third-order valence-electron chi connectivity index (χ3n) is 5.27. The molecular formula is C26H30N2O4. The van der Waals surface area contributed by atoms with E-state index >= 15 is 0 Å². The number of pyridine rings is 1. The molecule has 0 bridgehead atoms. The van der Waals surface area contributed by atoms with Crippen molar-refractivity contribution in [1.29, 1.82) is 0 Å². The number of aromatic nitrogens is 1. The average Bonchev–Trinajstić information content (AvgIpc) is 2.74. The van der Waals surface area contributed by atoms with Crippen molar-refractivity contribution in [2.75, 3.05) is 6.61 Å². The number of nitrogens with zero attached hydrogens (tertiary/aromatic N) is 1. The molecule has 0 saturated carbocycles. The summed E-state index contributed by atoms with van der Waals surface area (Å²) in [4.78, 5) is 30.6. The molecule has 0 radical (unpaired) electrons. The number of rotatable bonds is 7. The van der Waals surface area contributed by atoms with Crippen LogP contribution in [0.4, 0.5) is 0 Å². The Kier molecular flexibility index (Phi) is 7.46. The van der Waals surface area contributed by atoms with E-state index in [9.17, 15) is 9.59 Å². The van der Waals surface area contributed by atoms with E-state index in [-0.39, 0.29) is 12.7 Å². The molecule has 1 aromatic carbocycles. The van der Waals surface area contributed by atoms with Gasteiger partial charge < -0.3 is 14.8 Å². The second-order valence-corrected chi connectivity index (χ2v) is 8.22. The van der Waals surface area contributed by atoms with Gasteiger partial charge in [0.05, 0.1) is 35.5 Å². The van der Waals surface area contributed by atoms with Gasteiger partial charge in [0.15, 0.2) is 0 Å². The van der Waals surface area contributed by atoms with Gasteiger partial charge in [-0.05, 0) is 52.3 Å². The van der Waals surface area contributed by atoms with E-state index in [0.717, 1.165) is 5.56 Å². The molecule has 32 heavy (non-hydrogen) atoms. The molecule has 168 valence electrons. The van der Waals surface area contributed by atoms with E-state index < -0.39 is 17.9 Å². The molecule has 0 aliphatic carbocycles. The van der Waals surface area contributed by atoms with Crippen molar-refractivity contribution in [3.8, 4) is 0 Å². The van der Waals surface area contributed by atoms with Crippen molar-refractivity contribution in [3.63, 3.8) is 0 Å². The van der Waals surface area contributed by atoms with Gasteiger partial charge in [-0.25, -0.2) is 9.59 Å². The molecule has 1 N–H and O–H groups in total. The number of aryl methyl sites for hydroxylation is 1. The fourth-order valence-corrected chi connectivity index (χ4v) is 3.75. The lowest BCUT2D eigenvalue weighted by Gasteiger charge is -2.30. The van der Waals surface area contributed by atoms with Gasteiger partial charge in [-0.1, -0.05) is 35.9 Å². The summed E-state index contributed by atoms with van der Waals surface area (Å²) in [5.41, 5.74) is 4.88. The maximum Gasteiger partial charge on any atom is 0.337 e. The molecular weight excluding hydrogens is 404 g/mol. The number of esters is 2. The van der Waals surface area contributed by atoms with Gasteiger partial charge in [-0.15, -0.1) is 0 Å². The Balaban J connectivity index is 1.87. The van der Waals surface area contributed by atoms with Crippen LogP contribution in [0.25, 0.3) is 0 Å². The Morgan fingerprint density at radius 3 is 2.22 bits per heavy atom. The van der Waals surface area contributed by atoms with Crippen LogP contribution < -0.4 is 5.32 Å². The van der Waals surface area contributed by atoms with Gasteiger partial charge >= 0.3 is 11.9 Å².